The van der Waals surface area contributed by atoms with Gasteiger partial charge in [0.15, 0.2) is 11.6 Å². The number of carbonyl (C=O) groups excluding carboxylic acids is 6. The van der Waals surface area contributed by atoms with E-state index in [4.69, 9.17) is 35.3 Å². The van der Waals surface area contributed by atoms with E-state index >= 15 is 4.39 Å². The minimum atomic E-state index is -1.01. The Kier molecular flexibility index (Phi) is 22.5. The molecule has 4 aromatic heterocycles. The number of fused-ring (bicyclic) bond motifs is 3. The van der Waals surface area contributed by atoms with E-state index in [-0.39, 0.29) is 36.6 Å². The van der Waals surface area contributed by atoms with Crippen LogP contribution in [0.4, 0.5) is 4.39 Å². The molecule has 8 N–H and O–H groups in total. The van der Waals surface area contributed by atoms with E-state index < -0.39 is 63.4 Å². The average molecular weight is 1500 g/mol. The first-order chi connectivity index (χ1) is 51.0. The van der Waals surface area contributed by atoms with Gasteiger partial charge in [0.2, 0.25) is 35.4 Å². The quantitative estimate of drug-likeness (QED) is 0.0231. The molecule has 3 saturated carbocycles. The number of hydrogen-bond acceptors (Lipinski definition) is 17. The molecule has 4 aliphatic rings. The topological polar surface area (TPSA) is 314 Å². The van der Waals surface area contributed by atoms with Gasteiger partial charge in [-0.3, -0.25) is 59.3 Å². The summed E-state index contributed by atoms with van der Waals surface area (Å²) in [6.07, 6.45) is 6.24. The molecule has 4 fully saturated rings. The zero-order chi connectivity index (χ0) is 75.2. The molecule has 106 heavy (non-hydrogen) atoms. The number of benzene rings is 6. The largest absolute Gasteiger partial charge is 0.489 e. The molecule has 7 atom stereocenters. The van der Waals surface area contributed by atoms with Gasteiger partial charge < -0.3 is 34.6 Å². The maximum absolute atomic E-state index is 15.4. The van der Waals surface area contributed by atoms with Gasteiger partial charge >= 0.3 is 0 Å². The zero-order valence-electron chi connectivity index (χ0n) is 59.5. The number of likely N-dealkylation sites (tertiary alicyclic amines) is 1. The van der Waals surface area contributed by atoms with Crippen LogP contribution in [-0.2, 0) is 67.9 Å². The van der Waals surface area contributed by atoms with Crippen LogP contribution in [0, 0.1) is 53.7 Å². The van der Waals surface area contributed by atoms with E-state index in [2.05, 4.69) is 35.8 Å². The molecular weight excluding hydrogens is 1420 g/mol. The third-order valence-electron chi connectivity index (χ3n) is 20.7. The number of amides is 6. The first-order valence-corrected chi connectivity index (χ1v) is 35.6. The van der Waals surface area contributed by atoms with Crippen molar-refractivity contribution in [1.82, 2.24) is 51.1 Å². The Morgan fingerprint density at radius 3 is 1.56 bits per heavy atom. The fourth-order valence-corrected chi connectivity index (χ4v) is 15.3. The smallest absolute Gasteiger partial charge is 0.247 e. The van der Waals surface area contributed by atoms with Crippen molar-refractivity contribution in [2.45, 2.75) is 84.7 Å². The van der Waals surface area contributed by atoms with Crippen molar-refractivity contribution in [3.8, 4) is 28.5 Å². The van der Waals surface area contributed by atoms with Gasteiger partial charge in [0.1, 0.15) is 31.3 Å². The molecular formula is C81H83BrFN11O12. The summed E-state index contributed by atoms with van der Waals surface area (Å²) < 4.78 is 34.2. The van der Waals surface area contributed by atoms with Crippen molar-refractivity contribution in [1.29, 1.82) is 0 Å². The van der Waals surface area contributed by atoms with E-state index in [0.29, 0.717) is 69.7 Å². The van der Waals surface area contributed by atoms with E-state index in [9.17, 15) is 34.0 Å². The third-order valence-corrected chi connectivity index (χ3v) is 21.3. The fraction of sp³-hybridized carbons (Fsp3) is 0.309. The van der Waals surface area contributed by atoms with Crippen LogP contribution in [0.5, 0.6) is 17.2 Å². The van der Waals surface area contributed by atoms with Gasteiger partial charge in [0.25, 0.3) is 0 Å². The second-order valence-electron chi connectivity index (χ2n) is 28.3. The first-order valence-electron chi connectivity index (χ1n) is 34.8. The molecule has 1 unspecified atom stereocenters. The Morgan fingerprint density at radius 2 is 1.03 bits per heavy atom. The van der Waals surface area contributed by atoms with Gasteiger partial charge in [-0.15, -0.1) is 0 Å². The second-order valence-corrected chi connectivity index (χ2v) is 29.1. The zero-order valence-corrected chi connectivity index (χ0v) is 61.1. The van der Waals surface area contributed by atoms with Crippen LogP contribution in [0.15, 0.2) is 181 Å². The number of aromatic nitrogens is 4. The van der Waals surface area contributed by atoms with E-state index in [1.54, 1.807) is 60.0 Å². The average Bonchev–Trinajstić information content (AvgIpc) is 1.57. The summed E-state index contributed by atoms with van der Waals surface area (Å²) in [4.78, 5) is 97.9. The van der Waals surface area contributed by atoms with E-state index in [1.807, 2.05) is 174 Å². The van der Waals surface area contributed by atoms with Gasteiger partial charge in [-0.1, -0.05) is 78.9 Å². The number of likely N-dealkylation sites (N-methyl/N-ethyl adjacent to an activating group) is 1. The number of hydrogen-bond donors (Lipinski definition) is 7. The lowest BCUT2D eigenvalue weighted by atomic mass is 9.91. The molecule has 1 aliphatic heterocycles. The number of ether oxygens (including phenoxy) is 3. The number of nitrogens with zero attached hydrogens (tertiary/aromatic N) is 7. The molecule has 0 radical (unpaired) electrons. The molecule has 3 aliphatic carbocycles. The Balaban J connectivity index is 0.000000152. The predicted molar refractivity (Wildman–Crippen MR) is 397 cm³/mol. The maximum atomic E-state index is 15.4. The highest BCUT2D eigenvalue weighted by Crippen LogP contribution is 2.58. The number of rotatable bonds is 23. The molecule has 6 amide bonds. The molecule has 25 heteroatoms. The number of primary amides is 1. The Hall–Kier alpha value is -10.8. The van der Waals surface area contributed by atoms with Crippen LogP contribution in [0.2, 0.25) is 0 Å². The summed E-state index contributed by atoms with van der Waals surface area (Å²) in [6, 6.07) is 51.5. The maximum Gasteiger partial charge on any atom is 0.247 e. The SMILES string of the molecule is CN(C)C1CCN(C(=O)[C@@]2(Cc3ccc(OCc4cc(-c5ccncc5)nc5ccccc45)c(F)c3)C[C@@H]2C(=O)NO)C1.Cc1cc(COc2ccc(C[C@]3(C(=O)N(C)C)C[C@@H]3C(=O)NO)cc2)c2ccccc2n1.Cc1cc(COc2ccc(C[C@]3(C(N)=O)C[C@@H]3C(=O)NO)cc2Br)c2ccccc2n1. The Morgan fingerprint density at radius 1 is 0.566 bits per heavy atom. The number of nitrogens with two attached hydrogens (primary N) is 1. The molecule has 10 aromatic rings. The predicted octanol–water partition coefficient (Wildman–Crippen LogP) is 10.9. The lowest BCUT2D eigenvalue weighted by Gasteiger charge is -2.25. The summed E-state index contributed by atoms with van der Waals surface area (Å²) in [5, 5.41) is 30.2. The minimum Gasteiger partial charge on any atom is -0.489 e. The molecule has 0 bridgehead atoms. The van der Waals surface area contributed by atoms with Gasteiger partial charge in [-0.25, -0.2) is 25.8 Å². The number of halogens is 2. The van der Waals surface area contributed by atoms with Gasteiger partial charge in [0.05, 0.1) is 60.7 Å². The fourth-order valence-electron chi connectivity index (χ4n) is 14.7. The summed E-state index contributed by atoms with van der Waals surface area (Å²) in [5.41, 5.74) is 19.3. The standard InChI is InChI=1S/C33H34FN5O4.C25H27N3O4.C23H22BrN3O4/c1-38(2)24-11-14-39(19-24)32(41)33(18-26(33)31(40)37-42)17-21-7-8-30(27(34)15-21)43-20-23-16-29(22-9-12-35-13-10-22)36-28-6-4-3-5-25(23)28;1-16-12-18(20-6-4-5-7-22(20)26-16)15-32-19-10-8-17(9-11-19)13-25(24(30)28(2)3)14-21(25)23(29)27-31;1-13-8-15(16-4-2-3-5-19(16)26-13)12-31-20-7-6-14(9-18(20)24)10-23(22(25)29)11-17(23)21(28)27-30/h3-10,12-13,15-16,24,26,42H,11,14,17-20H2,1-2H3,(H,37,40);4-12,21,31H,13-15H2,1-3H3,(H,27,29);2-9,17,30H,10-12H2,1H3,(H2,25,29)(H,27,28)/t24?,26-,33+;21-,25+;17-,23+/m111/s1. The van der Waals surface area contributed by atoms with Crippen LogP contribution in [0.25, 0.3) is 44.0 Å². The molecule has 0 spiro atoms. The van der Waals surface area contributed by atoms with Crippen molar-refractivity contribution in [3.63, 3.8) is 0 Å². The molecule has 548 valence electrons. The number of para-hydroxylation sites is 3. The van der Waals surface area contributed by atoms with Crippen LogP contribution in [0.3, 0.4) is 0 Å². The molecule has 23 nitrogen and oxygen atoms in total. The lowest BCUT2D eigenvalue weighted by molar-refractivity contribution is -0.140. The molecule has 5 heterocycles. The van der Waals surface area contributed by atoms with E-state index in [0.717, 1.165) is 99.8 Å². The summed E-state index contributed by atoms with van der Waals surface area (Å²) in [6.45, 7) is 6.03. The summed E-state index contributed by atoms with van der Waals surface area (Å²) in [5.74, 6) is -3.35. The first kappa shape index (κ1) is 74.9. The van der Waals surface area contributed by atoms with Crippen LogP contribution >= 0.6 is 15.9 Å². The van der Waals surface area contributed by atoms with Gasteiger partial charge in [-0.05, 0) is 190 Å². The number of carbonyl (C=O) groups is 6. The third kappa shape index (κ3) is 16.3. The number of nitrogens with one attached hydrogen (secondary N) is 3. The van der Waals surface area contributed by atoms with Crippen LogP contribution < -0.4 is 36.4 Å². The second kappa shape index (κ2) is 31.9. The monoisotopic (exact) mass is 1500 g/mol. The number of hydroxylamine groups is 3. The number of pyridine rings is 4. The van der Waals surface area contributed by atoms with Crippen molar-refractivity contribution < 1.29 is 63.0 Å². The van der Waals surface area contributed by atoms with Crippen molar-refractivity contribution in [3.05, 3.63) is 231 Å². The lowest BCUT2D eigenvalue weighted by Crippen LogP contribution is -2.41. The highest BCUT2D eigenvalue weighted by atomic mass is 79.9. The van der Waals surface area contributed by atoms with Gasteiger partial charge in [0, 0.05) is 95.4 Å². The van der Waals surface area contributed by atoms with Crippen molar-refractivity contribution in [2.75, 3.05) is 41.3 Å². The normalized spacial score (nSPS) is 20.3. The molecule has 1 saturated heterocycles. The van der Waals surface area contributed by atoms with E-state index in [1.165, 1.54) is 11.0 Å². The van der Waals surface area contributed by atoms with Crippen LogP contribution in [-0.4, -0.2) is 133 Å². The van der Waals surface area contributed by atoms with Crippen LogP contribution in [0.1, 0.15) is 70.5 Å². The highest BCUT2D eigenvalue weighted by molar-refractivity contribution is 9.10. The van der Waals surface area contributed by atoms with Gasteiger partial charge in [-0.2, -0.15) is 0 Å². The van der Waals surface area contributed by atoms with Crippen molar-refractivity contribution in [2.24, 2.45) is 39.7 Å². The minimum absolute atomic E-state index is 0.0873. The molecule has 14 rings (SSSR count). The Labute approximate surface area is 620 Å². The molecule has 6 aromatic carbocycles. The van der Waals surface area contributed by atoms with Crippen molar-refractivity contribution >= 4 is 84.1 Å². The Bertz CT molecular complexity index is 4980. The highest BCUT2D eigenvalue weighted by Gasteiger charge is 2.66. The summed E-state index contributed by atoms with van der Waals surface area (Å²) >= 11 is 3.53. The summed E-state index contributed by atoms with van der Waals surface area (Å²) in [7, 11) is 7.32. The number of aryl methyl sites for hydroxylation is 2.